The number of fused-ring (bicyclic) bond motifs is 1. The van der Waals surface area contributed by atoms with Crippen LogP contribution in [0.2, 0.25) is 5.02 Å². The van der Waals surface area contributed by atoms with Crippen molar-refractivity contribution in [2.24, 2.45) is 0 Å². The molecule has 144 valence electrons. The van der Waals surface area contributed by atoms with Crippen molar-refractivity contribution >= 4 is 46.4 Å². The molecule has 0 spiro atoms. The molecule has 0 aliphatic carbocycles. The van der Waals surface area contributed by atoms with E-state index in [0.717, 1.165) is 10.5 Å². The molecule has 3 rings (SSSR count). The molecule has 0 bridgehead atoms. The molecule has 0 fully saturated rings. The Kier molecular flexibility index (Phi) is 5.51. The number of aliphatic hydroxyl groups excluding tert-OH is 1. The fourth-order valence-corrected chi connectivity index (χ4v) is 3.27. The zero-order valence-electron chi connectivity index (χ0n) is 15.4. The van der Waals surface area contributed by atoms with Gasteiger partial charge in [-0.15, -0.1) is 0 Å². The van der Waals surface area contributed by atoms with Gasteiger partial charge < -0.3 is 9.84 Å². The molecule has 0 unspecified atom stereocenters. The molecular weight excluding hydrogens is 382 g/mol. The number of esters is 1. The van der Waals surface area contributed by atoms with E-state index >= 15 is 0 Å². The lowest BCUT2D eigenvalue weighted by atomic mass is 10.0. The predicted octanol–water partition coefficient (Wildman–Crippen LogP) is 3.77. The number of hydrogen-bond acceptors (Lipinski definition) is 5. The molecule has 0 aromatic heterocycles. The molecule has 2 aromatic rings. The minimum atomic E-state index is -0.600. The van der Waals surface area contributed by atoms with Crippen LogP contribution in [0.5, 0.6) is 0 Å². The standard InChI is InChI=1S/C21H18ClNO5/c1-12(24)23-17-11-15(22)8-9-16(17)19(21(23)27)20(26)14-6-3-13(4-7-14)5-10-18(25)28-2/h3-4,6-9,11,26H,5,10H2,1-2H3. The van der Waals surface area contributed by atoms with Crippen molar-refractivity contribution in [3.63, 3.8) is 0 Å². The number of nitrogens with zero attached hydrogens (tertiary/aromatic N) is 1. The second-order valence-corrected chi connectivity index (χ2v) is 6.75. The maximum Gasteiger partial charge on any atom is 0.305 e. The first kappa shape index (κ1) is 19.6. The van der Waals surface area contributed by atoms with Crippen molar-refractivity contribution in [3.05, 3.63) is 64.2 Å². The molecule has 0 radical (unpaired) electrons. The van der Waals surface area contributed by atoms with Gasteiger partial charge in [0.25, 0.3) is 5.91 Å². The number of methoxy groups -OCH3 is 1. The first-order valence-corrected chi connectivity index (χ1v) is 8.95. The monoisotopic (exact) mass is 399 g/mol. The molecule has 0 atom stereocenters. The molecular formula is C21H18ClNO5. The second kappa shape index (κ2) is 7.86. The molecule has 1 heterocycles. The number of hydrogen-bond donors (Lipinski definition) is 1. The normalized spacial score (nSPS) is 14.7. The fourth-order valence-electron chi connectivity index (χ4n) is 3.10. The van der Waals surface area contributed by atoms with Crippen molar-refractivity contribution in [2.45, 2.75) is 19.8 Å². The second-order valence-electron chi connectivity index (χ2n) is 6.32. The topological polar surface area (TPSA) is 83.9 Å². The van der Waals surface area contributed by atoms with Crippen LogP contribution in [0, 0.1) is 0 Å². The smallest absolute Gasteiger partial charge is 0.305 e. The SMILES string of the molecule is COC(=O)CCc1ccc(C(O)=C2C(=O)N(C(C)=O)c3cc(Cl)ccc32)cc1. The van der Waals surface area contributed by atoms with Crippen molar-refractivity contribution in [3.8, 4) is 0 Å². The first-order valence-electron chi connectivity index (χ1n) is 8.57. The summed E-state index contributed by atoms with van der Waals surface area (Å²) in [6.45, 7) is 1.28. The van der Waals surface area contributed by atoms with Gasteiger partial charge in [0.2, 0.25) is 5.91 Å². The van der Waals surface area contributed by atoms with Crippen LogP contribution in [-0.4, -0.2) is 30.0 Å². The van der Waals surface area contributed by atoms with Gasteiger partial charge in [0.1, 0.15) is 5.76 Å². The summed E-state index contributed by atoms with van der Waals surface area (Å²) >= 11 is 6.00. The maximum atomic E-state index is 12.8. The van der Waals surface area contributed by atoms with Gasteiger partial charge in [-0.3, -0.25) is 14.4 Å². The van der Waals surface area contributed by atoms with Crippen LogP contribution < -0.4 is 4.90 Å². The van der Waals surface area contributed by atoms with E-state index in [1.54, 1.807) is 36.4 Å². The van der Waals surface area contributed by atoms with E-state index in [2.05, 4.69) is 4.74 Å². The molecule has 0 saturated heterocycles. The number of amides is 2. The summed E-state index contributed by atoms with van der Waals surface area (Å²) in [5, 5.41) is 11.2. The highest BCUT2D eigenvalue weighted by Gasteiger charge is 2.37. The number of benzene rings is 2. The Hall–Kier alpha value is -3.12. The number of imide groups is 1. The van der Waals surface area contributed by atoms with Crippen LogP contribution >= 0.6 is 11.6 Å². The Bertz CT molecular complexity index is 994. The molecule has 2 aromatic carbocycles. The van der Waals surface area contributed by atoms with E-state index in [1.165, 1.54) is 20.1 Å². The third-order valence-corrected chi connectivity index (χ3v) is 4.75. The minimum absolute atomic E-state index is 0.0455. The summed E-state index contributed by atoms with van der Waals surface area (Å²) in [4.78, 5) is 37.0. The highest BCUT2D eigenvalue weighted by molar-refractivity contribution is 6.43. The molecule has 1 aliphatic rings. The number of aliphatic hydroxyl groups is 1. The van der Waals surface area contributed by atoms with E-state index in [9.17, 15) is 19.5 Å². The zero-order chi connectivity index (χ0) is 20.4. The van der Waals surface area contributed by atoms with Crippen LogP contribution in [0.25, 0.3) is 11.3 Å². The highest BCUT2D eigenvalue weighted by atomic mass is 35.5. The molecule has 1 aliphatic heterocycles. The van der Waals surface area contributed by atoms with Gasteiger partial charge in [0, 0.05) is 29.5 Å². The lowest BCUT2D eigenvalue weighted by Crippen LogP contribution is -2.31. The number of rotatable bonds is 4. The van der Waals surface area contributed by atoms with E-state index in [1.807, 2.05) is 0 Å². The average Bonchev–Trinajstić information content (AvgIpc) is 2.96. The molecule has 6 nitrogen and oxygen atoms in total. The van der Waals surface area contributed by atoms with E-state index in [-0.39, 0.29) is 23.7 Å². The van der Waals surface area contributed by atoms with Gasteiger partial charge in [-0.05, 0) is 24.1 Å². The summed E-state index contributed by atoms with van der Waals surface area (Å²) in [6, 6.07) is 11.6. The van der Waals surface area contributed by atoms with Crippen molar-refractivity contribution in [1.29, 1.82) is 0 Å². The number of ether oxygens (including phenoxy) is 1. The zero-order valence-corrected chi connectivity index (χ0v) is 16.1. The molecule has 1 N–H and O–H groups in total. The van der Waals surface area contributed by atoms with E-state index < -0.39 is 11.8 Å². The maximum absolute atomic E-state index is 12.8. The Labute approximate surface area is 167 Å². The molecule has 28 heavy (non-hydrogen) atoms. The van der Waals surface area contributed by atoms with Crippen molar-refractivity contribution in [2.75, 3.05) is 12.0 Å². The first-order chi connectivity index (χ1) is 13.3. The van der Waals surface area contributed by atoms with Crippen LogP contribution in [0.4, 0.5) is 5.69 Å². The van der Waals surface area contributed by atoms with Gasteiger partial charge in [0.05, 0.1) is 18.4 Å². The average molecular weight is 400 g/mol. The summed E-state index contributed by atoms with van der Waals surface area (Å²) in [5.74, 6) is -1.59. The Morgan fingerprint density at radius 3 is 2.43 bits per heavy atom. The summed E-state index contributed by atoms with van der Waals surface area (Å²) in [6.07, 6.45) is 0.756. The molecule has 7 heteroatoms. The van der Waals surface area contributed by atoms with Gasteiger partial charge in [0.15, 0.2) is 0 Å². The number of anilines is 1. The van der Waals surface area contributed by atoms with Crippen LogP contribution in [0.1, 0.15) is 30.0 Å². The lowest BCUT2D eigenvalue weighted by Gasteiger charge is -2.12. The number of carbonyl (C=O) groups is 3. The van der Waals surface area contributed by atoms with Crippen molar-refractivity contribution < 1.29 is 24.2 Å². The largest absolute Gasteiger partial charge is 0.506 e. The lowest BCUT2D eigenvalue weighted by molar-refractivity contribution is -0.140. The predicted molar refractivity (Wildman–Crippen MR) is 106 cm³/mol. The molecule has 0 saturated carbocycles. The summed E-state index contributed by atoms with van der Waals surface area (Å²) in [7, 11) is 1.34. The van der Waals surface area contributed by atoms with Gasteiger partial charge >= 0.3 is 5.97 Å². The quantitative estimate of drug-likeness (QED) is 0.480. The number of halogens is 1. The highest BCUT2D eigenvalue weighted by Crippen LogP contribution is 2.41. The third-order valence-electron chi connectivity index (χ3n) is 4.51. The molecule has 2 amide bonds. The third kappa shape index (κ3) is 3.64. The van der Waals surface area contributed by atoms with Crippen LogP contribution in [0.15, 0.2) is 42.5 Å². The number of carbonyl (C=O) groups excluding carboxylic acids is 3. The van der Waals surface area contributed by atoms with Crippen LogP contribution in [-0.2, 0) is 25.5 Å². The van der Waals surface area contributed by atoms with Crippen molar-refractivity contribution in [1.82, 2.24) is 0 Å². The van der Waals surface area contributed by atoms with Crippen LogP contribution in [0.3, 0.4) is 0 Å². The summed E-state index contributed by atoms with van der Waals surface area (Å²) in [5.41, 5.74) is 2.15. The van der Waals surface area contributed by atoms with E-state index in [0.29, 0.717) is 28.3 Å². The van der Waals surface area contributed by atoms with Gasteiger partial charge in [-0.25, -0.2) is 4.90 Å². The Balaban J connectivity index is 1.98. The number of aryl methyl sites for hydroxylation is 1. The fraction of sp³-hybridized carbons (Fsp3) is 0.190. The van der Waals surface area contributed by atoms with Gasteiger partial charge in [-0.2, -0.15) is 0 Å². The van der Waals surface area contributed by atoms with Gasteiger partial charge in [-0.1, -0.05) is 41.9 Å². The Morgan fingerprint density at radius 2 is 1.82 bits per heavy atom. The minimum Gasteiger partial charge on any atom is -0.506 e. The Morgan fingerprint density at radius 1 is 1.14 bits per heavy atom. The summed E-state index contributed by atoms with van der Waals surface area (Å²) < 4.78 is 4.62. The van der Waals surface area contributed by atoms with E-state index in [4.69, 9.17) is 11.6 Å².